The van der Waals surface area contributed by atoms with Gasteiger partial charge in [-0.3, -0.25) is 9.59 Å². The molecule has 0 aromatic heterocycles. The summed E-state index contributed by atoms with van der Waals surface area (Å²) < 4.78 is 0. The van der Waals surface area contributed by atoms with Crippen molar-refractivity contribution in [3.05, 3.63) is 0 Å². The molecule has 0 spiro atoms. The van der Waals surface area contributed by atoms with Gasteiger partial charge in [0.2, 0.25) is 0 Å². The molecule has 56 valence electrons. The molecule has 11 heavy (non-hydrogen) atoms. The maximum absolute atomic E-state index is 11.4. The molecular formula is C9H8O2. The largest absolute Gasteiger partial charge is 0.299 e. The molecule has 0 heterocycles. The van der Waals surface area contributed by atoms with Crippen molar-refractivity contribution < 1.29 is 9.59 Å². The third kappa shape index (κ3) is 0.325. The van der Waals surface area contributed by atoms with Gasteiger partial charge in [0.15, 0.2) is 0 Å². The van der Waals surface area contributed by atoms with Gasteiger partial charge in [0, 0.05) is 23.7 Å². The second kappa shape index (κ2) is 1.10. The lowest BCUT2D eigenvalue weighted by atomic mass is 9.98. The van der Waals surface area contributed by atoms with Crippen LogP contribution in [0.25, 0.3) is 0 Å². The van der Waals surface area contributed by atoms with Gasteiger partial charge in [-0.05, 0) is 18.3 Å². The summed E-state index contributed by atoms with van der Waals surface area (Å²) in [4.78, 5) is 22.9. The topological polar surface area (TPSA) is 34.1 Å². The van der Waals surface area contributed by atoms with Gasteiger partial charge in [-0.15, -0.1) is 0 Å². The summed E-state index contributed by atoms with van der Waals surface area (Å²) in [6.07, 6.45) is 1.20. The smallest absolute Gasteiger partial charge is 0.141 e. The van der Waals surface area contributed by atoms with E-state index in [1.807, 2.05) is 0 Å². The van der Waals surface area contributed by atoms with Gasteiger partial charge in [-0.1, -0.05) is 0 Å². The average molecular weight is 148 g/mol. The van der Waals surface area contributed by atoms with Gasteiger partial charge in [0.05, 0.1) is 0 Å². The summed E-state index contributed by atoms with van der Waals surface area (Å²) in [5.41, 5.74) is 0. The van der Waals surface area contributed by atoms with Gasteiger partial charge < -0.3 is 0 Å². The Morgan fingerprint density at radius 3 is 1.55 bits per heavy atom. The number of hydrogen-bond acceptors (Lipinski definition) is 2. The van der Waals surface area contributed by atoms with Crippen molar-refractivity contribution in [2.24, 2.45) is 35.5 Å². The van der Waals surface area contributed by atoms with Crippen molar-refractivity contribution in [2.75, 3.05) is 0 Å². The van der Waals surface area contributed by atoms with Crippen molar-refractivity contribution in [3.63, 3.8) is 0 Å². The van der Waals surface area contributed by atoms with Crippen molar-refractivity contribution in [1.29, 1.82) is 0 Å². The number of carbonyl (C=O) groups excluding carboxylic acids is 2. The van der Waals surface area contributed by atoms with Crippen LogP contribution in [0.5, 0.6) is 0 Å². The first kappa shape index (κ1) is 5.07. The number of ketones is 2. The Morgan fingerprint density at radius 1 is 0.818 bits per heavy atom. The summed E-state index contributed by atoms with van der Waals surface area (Å²) in [5.74, 6) is 2.75. The highest BCUT2D eigenvalue weighted by molar-refractivity contribution is 6.09. The first-order valence-electron chi connectivity index (χ1n) is 4.38. The summed E-state index contributed by atoms with van der Waals surface area (Å²) >= 11 is 0. The molecule has 5 fully saturated rings. The van der Waals surface area contributed by atoms with Gasteiger partial charge in [-0.2, -0.15) is 0 Å². The van der Waals surface area contributed by atoms with Gasteiger partial charge in [-0.25, -0.2) is 0 Å². The summed E-state index contributed by atoms with van der Waals surface area (Å²) in [5, 5.41) is 0. The van der Waals surface area contributed by atoms with E-state index in [2.05, 4.69) is 0 Å². The Labute approximate surface area is 64.0 Å². The number of rotatable bonds is 0. The molecule has 2 unspecified atom stereocenters. The van der Waals surface area contributed by atoms with Crippen molar-refractivity contribution in [1.82, 2.24) is 0 Å². The van der Waals surface area contributed by atoms with Crippen LogP contribution in [-0.2, 0) is 9.59 Å². The van der Waals surface area contributed by atoms with E-state index in [1.54, 1.807) is 0 Å². The Kier molecular flexibility index (Phi) is 0.505. The van der Waals surface area contributed by atoms with Crippen LogP contribution in [0.1, 0.15) is 6.42 Å². The highest BCUT2D eigenvalue weighted by Crippen LogP contribution is 2.73. The second-order valence-electron chi connectivity index (χ2n) is 4.47. The van der Waals surface area contributed by atoms with E-state index in [-0.39, 0.29) is 23.7 Å². The lowest BCUT2D eigenvalue weighted by Gasteiger charge is -2.03. The van der Waals surface area contributed by atoms with Crippen LogP contribution in [-0.4, -0.2) is 11.6 Å². The lowest BCUT2D eigenvalue weighted by molar-refractivity contribution is -0.130. The molecule has 5 saturated carbocycles. The molecule has 6 bridgehead atoms. The summed E-state index contributed by atoms with van der Waals surface area (Å²) in [6.45, 7) is 0. The predicted octanol–water partition coefficient (Wildman–Crippen LogP) is 0.266. The second-order valence-corrected chi connectivity index (χ2v) is 4.47. The zero-order valence-corrected chi connectivity index (χ0v) is 5.99. The monoisotopic (exact) mass is 148 g/mol. The SMILES string of the molecule is O=C1[C@@H]2C3CC4[C@@H](C(=O)[C@@H]32)[C@@H]14. The van der Waals surface area contributed by atoms with Crippen LogP contribution in [0.3, 0.4) is 0 Å². The Hall–Kier alpha value is -0.660. The van der Waals surface area contributed by atoms with Crippen molar-refractivity contribution in [3.8, 4) is 0 Å². The molecule has 0 saturated heterocycles. The third-order valence-corrected chi connectivity index (χ3v) is 4.20. The maximum Gasteiger partial charge on any atom is 0.141 e. The normalized spacial score (nSPS) is 68.0. The lowest BCUT2D eigenvalue weighted by Crippen LogP contribution is -2.19. The van der Waals surface area contributed by atoms with Crippen molar-refractivity contribution >= 4 is 11.6 Å². The first-order valence-corrected chi connectivity index (χ1v) is 4.38. The van der Waals surface area contributed by atoms with E-state index in [4.69, 9.17) is 0 Å². The first-order chi connectivity index (χ1) is 5.30. The van der Waals surface area contributed by atoms with Gasteiger partial charge in [0.1, 0.15) is 11.6 Å². The maximum atomic E-state index is 11.4. The Balaban J connectivity index is 1.96. The molecule has 2 nitrogen and oxygen atoms in total. The molecule has 5 rings (SSSR count). The number of hydrogen-bond donors (Lipinski definition) is 0. The fourth-order valence-electron chi connectivity index (χ4n) is 3.64. The summed E-state index contributed by atoms with van der Waals surface area (Å²) in [6, 6.07) is 0. The number of carbonyl (C=O) groups is 2. The van der Waals surface area contributed by atoms with E-state index >= 15 is 0 Å². The van der Waals surface area contributed by atoms with E-state index < -0.39 is 0 Å². The molecule has 0 N–H and O–H groups in total. The van der Waals surface area contributed by atoms with E-state index in [0.29, 0.717) is 23.4 Å². The highest BCUT2D eigenvalue weighted by Gasteiger charge is 2.79. The molecule has 0 aromatic carbocycles. The van der Waals surface area contributed by atoms with Gasteiger partial charge in [0.25, 0.3) is 0 Å². The quantitative estimate of drug-likeness (QED) is 0.494. The van der Waals surface area contributed by atoms with Crippen LogP contribution in [0.4, 0.5) is 0 Å². The average Bonchev–Trinajstić information content (AvgIpc) is 2.75. The molecule has 2 heteroatoms. The fourth-order valence-corrected chi connectivity index (χ4v) is 3.64. The molecule has 0 radical (unpaired) electrons. The van der Waals surface area contributed by atoms with Crippen LogP contribution in [0.15, 0.2) is 0 Å². The zero-order valence-electron chi connectivity index (χ0n) is 5.99. The molecular weight excluding hydrogens is 140 g/mol. The standard InChI is InChI=1S/C9H8O2/c10-8-4-2-1-3-6(8)7(3)9(11)5(2)4/h2-7H,1H2/t2?,3?,4-,5+,6+,7-. The molecule has 5 aliphatic rings. The Morgan fingerprint density at radius 2 is 1.18 bits per heavy atom. The fraction of sp³-hybridized carbons (Fsp3) is 0.778. The van der Waals surface area contributed by atoms with E-state index in [9.17, 15) is 9.59 Å². The van der Waals surface area contributed by atoms with Crippen molar-refractivity contribution in [2.45, 2.75) is 6.42 Å². The minimum Gasteiger partial charge on any atom is -0.299 e. The van der Waals surface area contributed by atoms with Gasteiger partial charge >= 0.3 is 0 Å². The summed E-state index contributed by atoms with van der Waals surface area (Å²) in [7, 11) is 0. The molecule has 6 atom stereocenters. The van der Waals surface area contributed by atoms with Crippen LogP contribution < -0.4 is 0 Å². The molecule has 0 aliphatic heterocycles. The molecule has 0 amide bonds. The third-order valence-electron chi connectivity index (χ3n) is 4.20. The minimum atomic E-state index is 0.211. The zero-order chi connectivity index (χ0) is 7.33. The van der Waals surface area contributed by atoms with Crippen LogP contribution >= 0.6 is 0 Å². The van der Waals surface area contributed by atoms with Crippen LogP contribution in [0, 0.1) is 35.5 Å². The van der Waals surface area contributed by atoms with E-state index in [0.717, 1.165) is 0 Å². The predicted molar refractivity (Wildman–Crippen MR) is 35.6 cm³/mol. The van der Waals surface area contributed by atoms with E-state index in [1.165, 1.54) is 6.42 Å². The number of Topliss-reactive ketones (excluding diaryl/α,β-unsaturated/α-hetero) is 2. The highest BCUT2D eigenvalue weighted by atomic mass is 16.1. The van der Waals surface area contributed by atoms with Crippen LogP contribution in [0.2, 0.25) is 0 Å². The minimum absolute atomic E-state index is 0.211. The molecule has 5 aliphatic carbocycles. The Bertz CT molecular complexity index is 253. The molecule has 0 aromatic rings.